The third-order valence-corrected chi connectivity index (χ3v) is 2.16. The molecule has 0 bridgehead atoms. The maximum absolute atomic E-state index is 10.3. The minimum atomic E-state index is -0.401. The number of nitrogens with two attached hydrogens (primary N) is 1. The van der Waals surface area contributed by atoms with Crippen LogP contribution in [0.3, 0.4) is 0 Å². The molecule has 8 heavy (non-hydrogen) atoms. The van der Waals surface area contributed by atoms with Crippen molar-refractivity contribution in [2.45, 2.75) is 0 Å². The van der Waals surface area contributed by atoms with Gasteiger partial charge in [-0.1, -0.05) is 0 Å². The largest absolute Gasteiger partial charge is 0.453 e. The van der Waals surface area contributed by atoms with Crippen LogP contribution in [0.4, 0.5) is 4.79 Å². The van der Waals surface area contributed by atoms with Crippen molar-refractivity contribution in [3.05, 3.63) is 22.9 Å². The monoisotopic (exact) mass is 128 g/mol. The van der Waals surface area contributed by atoms with Crippen molar-refractivity contribution in [2.24, 2.45) is 5.73 Å². The maximum atomic E-state index is 10.3. The highest BCUT2D eigenvalue weighted by atomic mass is 32.2. The van der Waals surface area contributed by atoms with Gasteiger partial charge in [0.25, 0.3) is 0 Å². The van der Waals surface area contributed by atoms with Gasteiger partial charge in [0.2, 0.25) is 0 Å². The zero-order chi connectivity index (χ0) is 5.98. The summed E-state index contributed by atoms with van der Waals surface area (Å²) in [4.78, 5) is 10.3. The topological polar surface area (TPSA) is 43.1 Å². The van der Waals surface area contributed by atoms with Gasteiger partial charge in [-0.15, -0.1) is 0 Å². The molecule has 1 amide bonds. The first-order valence-electron chi connectivity index (χ1n) is 2.17. The first kappa shape index (κ1) is 5.31. The molecule has 0 aliphatic heterocycles. The normalized spacial score (nSPS) is 9.00. The Hall–Kier alpha value is -0.830. The van der Waals surface area contributed by atoms with Gasteiger partial charge in [-0.05, 0) is 12.1 Å². The number of primary amides is 1. The van der Waals surface area contributed by atoms with Crippen molar-refractivity contribution in [1.82, 2.24) is 0 Å². The highest BCUT2D eigenvalue weighted by molar-refractivity contribution is 7.48. The van der Waals surface area contributed by atoms with Gasteiger partial charge in [0.1, 0.15) is 10.8 Å². The first-order valence-corrected chi connectivity index (χ1v) is 3.52. The van der Waals surface area contributed by atoms with Crippen LogP contribution in [0.1, 0.15) is 0 Å². The number of rotatable bonds is 1. The van der Waals surface area contributed by atoms with Crippen molar-refractivity contribution in [2.75, 3.05) is 0 Å². The lowest BCUT2D eigenvalue weighted by atomic mass is 10.7. The molecule has 0 radical (unpaired) electrons. The molecule has 0 aliphatic rings. The van der Waals surface area contributed by atoms with E-state index in [4.69, 9.17) is 5.73 Å². The fraction of sp³-hybridized carbons (Fsp3) is 0. The second kappa shape index (κ2) is 1.96. The summed E-state index contributed by atoms with van der Waals surface area (Å²) in [5, 5.41) is 3.33. The van der Waals surface area contributed by atoms with Crippen molar-refractivity contribution >= 4 is 15.7 Å². The van der Waals surface area contributed by atoms with Crippen molar-refractivity contribution < 1.29 is 4.79 Å². The van der Waals surface area contributed by atoms with E-state index in [1.54, 1.807) is 10.8 Å². The molecule has 2 N–H and O–H groups in total. The minimum Gasteiger partial charge on any atom is -0.320 e. The summed E-state index contributed by atoms with van der Waals surface area (Å²) < 4.78 is 0. The highest BCUT2D eigenvalue weighted by Gasteiger charge is 2.07. The zero-order valence-electron chi connectivity index (χ0n) is 4.20. The van der Waals surface area contributed by atoms with E-state index in [0.29, 0.717) is 0 Å². The van der Waals surface area contributed by atoms with Gasteiger partial charge in [-0.3, -0.25) is 0 Å². The van der Waals surface area contributed by atoms with Gasteiger partial charge < -0.3 is 5.73 Å². The molecule has 3 heteroatoms. The molecule has 0 saturated heterocycles. The van der Waals surface area contributed by atoms with Crippen LogP contribution in [-0.2, 0) is 0 Å². The Bertz CT molecular complexity index is 180. The summed E-state index contributed by atoms with van der Waals surface area (Å²) in [6.45, 7) is 0. The van der Waals surface area contributed by atoms with Crippen LogP contribution >= 0.6 is 10.5 Å². The number of thiophene rings is 1. The quantitative estimate of drug-likeness (QED) is 0.570. The number of hydrogen-bond acceptors (Lipinski definition) is 1. The van der Waals surface area contributed by atoms with Crippen LogP contribution < -0.4 is 5.73 Å². The SMILES string of the molecule is NC(=O)[s+]1cccc1. The predicted octanol–water partition coefficient (Wildman–Crippen LogP) is 1.36. The van der Waals surface area contributed by atoms with E-state index >= 15 is 0 Å². The van der Waals surface area contributed by atoms with Crippen molar-refractivity contribution in [1.29, 1.82) is 0 Å². The van der Waals surface area contributed by atoms with Crippen molar-refractivity contribution in [3.63, 3.8) is 0 Å². The maximum Gasteiger partial charge on any atom is 0.453 e. The van der Waals surface area contributed by atoms with E-state index in [1.807, 2.05) is 12.1 Å². The number of carbonyl (C=O) groups is 1. The Labute approximate surface area is 49.9 Å². The van der Waals surface area contributed by atoms with E-state index in [9.17, 15) is 4.79 Å². The Balaban J connectivity index is 2.93. The second-order valence-electron chi connectivity index (χ2n) is 1.35. The molecule has 1 rings (SSSR count). The zero-order valence-corrected chi connectivity index (χ0v) is 5.02. The number of amides is 1. The van der Waals surface area contributed by atoms with Crippen LogP contribution in [0.25, 0.3) is 0 Å². The smallest absolute Gasteiger partial charge is 0.320 e. The fourth-order valence-electron chi connectivity index (χ4n) is 0.439. The van der Waals surface area contributed by atoms with E-state index < -0.39 is 10.5 Å². The van der Waals surface area contributed by atoms with Crippen LogP contribution in [0.2, 0.25) is 0 Å². The van der Waals surface area contributed by atoms with Crippen LogP contribution in [-0.4, -0.2) is 5.24 Å². The Kier molecular flexibility index (Phi) is 1.30. The molecule has 1 aromatic rings. The molecular formula is C5H6NOS+. The standard InChI is InChI=1S/C5H5NOS/c6-5(7)8-3-1-2-4-8/h1-4H,(H-,6,7)/p+1. The van der Waals surface area contributed by atoms with Gasteiger partial charge >= 0.3 is 5.24 Å². The van der Waals surface area contributed by atoms with Crippen LogP contribution in [0.5, 0.6) is 0 Å². The van der Waals surface area contributed by atoms with Gasteiger partial charge in [0, 0.05) is 0 Å². The van der Waals surface area contributed by atoms with Crippen molar-refractivity contribution in [3.8, 4) is 0 Å². The summed E-state index contributed by atoms with van der Waals surface area (Å²) in [6.07, 6.45) is 0. The van der Waals surface area contributed by atoms with Crippen LogP contribution in [0, 0.1) is 0 Å². The third-order valence-electron chi connectivity index (χ3n) is 0.794. The number of hydrogen-bond donors (Lipinski definition) is 1. The Morgan fingerprint density at radius 3 is 2.12 bits per heavy atom. The minimum absolute atomic E-state index is 0.255. The summed E-state index contributed by atoms with van der Waals surface area (Å²) in [5.74, 6) is 0. The van der Waals surface area contributed by atoms with E-state index in [0.717, 1.165) is 0 Å². The Morgan fingerprint density at radius 1 is 1.38 bits per heavy atom. The molecule has 42 valence electrons. The summed E-state index contributed by atoms with van der Waals surface area (Å²) >= 11 is 0. The van der Waals surface area contributed by atoms with Gasteiger partial charge in [0.05, 0.1) is 10.5 Å². The lowest BCUT2D eigenvalue weighted by Crippen LogP contribution is -2.01. The highest BCUT2D eigenvalue weighted by Crippen LogP contribution is 2.14. The fourth-order valence-corrected chi connectivity index (χ4v) is 1.32. The molecule has 0 unspecified atom stereocenters. The third kappa shape index (κ3) is 0.869. The van der Waals surface area contributed by atoms with Gasteiger partial charge in [0.15, 0.2) is 0 Å². The average molecular weight is 128 g/mol. The lowest BCUT2D eigenvalue weighted by molar-refractivity contribution is 0.266. The molecule has 0 saturated carbocycles. The molecule has 0 atom stereocenters. The molecular weight excluding hydrogens is 122 g/mol. The Morgan fingerprint density at radius 2 is 1.88 bits per heavy atom. The first-order chi connectivity index (χ1) is 3.80. The molecule has 2 nitrogen and oxygen atoms in total. The summed E-state index contributed by atoms with van der Waals surface area (Å²) in [6, 6.07) is 3.65. The van der Waals surface area contributed by atoms with E-state index in [1.165, 1.54) is 0 Å². The number of carbonyl (C=O) groups excluding carboxylic acids is 1. The van der Waals surface area contributed by atoms with Gasteiger partial charge in [-0.2, -0.15) is 0 Å². The summed E-state index contributed by atoms with van der Waals surface area (Å²) in [7, 11) is -0.401. The van der Waals surface area contributed by atoms with E-state index in [-0.39, 0.29) is 5.24 Å². The molecule has 1 aromatic heterocycles. The van der Waals surface area contributed by atoms with Crippen LogP contribution in [0.15, 0.2) is 22.9 Å². The molecule has 0 aromatic carbocycles. The average Bonchev–Trinajstić information content (AvgIpc) is 2.12. The predicted molar refractivity (Wildman–Crippen MR) is 33.9 cm³/mol. The molecule has 1 heterocycles. The molecule has 0 fully saturated rings. The second-order valence-corrected chi connectivity index (χ2v) is 3.04. The summed E-state index contributed by atoms with van der Waals surface area (Å²) in [5.41, 5.74) is 4.97. The van der Waals surface area contributed by atoms with Gasteiger partial charge in [-0.25, -0.2) is 4.79 Å². The molecule has 0 spiro atoms. The molecule has 0 aliphatic carbocycles. The lowest BCUT2D eigenvalue weighted by Gasteiger charge is -1.69. The van der Waals surface area contributed by atoms with E-state index in [2.05, 4.69) is 0 Å².